The maximum atomic E-state index is 15.8. The molecule has 1 fully saturated rings. The van der Waals surface area contributed by atoms with Crippen molar-refractivity contribution in [2.75, 3.05) is 5.73 Å². The Morgan fingerprint density at radius 2 is 1.74 bits per heavy atom. The van der Waals surface area contributed by atoms with Crippen molar-refractivity contribution in [3.63, 3.8) is 0 Å². The van der Waals surface area contributed by atoms with Gasteiger partial charge < -0.3 is 35.1 Å². The number of rotatable bonds is 12. The number of aromatic nitrogens is 2. The van der Waals surface area contributed by atoms with Gasteiger partial charge in [0, 0.05) is 24.6 Å². The monoisotopic (exact) mass is 597 g/mol. The molecule has 1 aromatic rings. The molecule has 0 aromatic carbocycles. The van der Waals surface area contributed by atoms with Crippen LogP contribution in [0.5, 0.6) is 0 Å². The van der Waals surface area contributed by atoms with Gasteiger partial charge in [-0.1, -0.05) is 41.5 Å². The van der Waals surface area contributed by atoms with Gasteiger partial charge in [0.05, 0.1) is 12.7 Å². The molecule has 0 bridgehead atoms. The SMILES string of the molecule is CCC(F)(C[C@H]1O[C@@H](n2cc(CO[Si](C)(C)C(C)(C)C)c(N)nc2=O)[C@H](O)[C@@H]1O)OP(=O)(O)C(O)(CC)CC. The van der Waals surface area contributed by atoms with Crippen molar-refractivity contribution in [1.82, 2.24) is 9.55 Å². The molecule has 39 heavy (non-hydrogen) atoms. The fraction of sp³-hybridized carbons (Fsp3) is 0.833. The van der Waals surface area contributed by atoms with Crippen molar-refractivity contribution >= 4 is 21.7 Å². The number of nitrogen functional groups attached to an aromatic ring is 1. The average Bonchev–Trinajstić information content (AvgIpc) is 3.09. The fourth-order valence-corrected chi connectivity index (χ4v) is 6.49. The fourth-order valence-electron chi connectivity index (χ4n) is 3.92. The first-order valence-corrected chi connectivity index (χ1v) is 17.6. The molecular weight excluding hydrogens is 552 g/mol. The van der Waals surface area contributed by atoms with Gasteiger partial charge >= 0.3 is 13.3 Å². The standard InChI is InChI=1S/C24H45FN3O9PSi/c1-9-23(25,37-38(33,34)24(32,10-2)11-3)12-16-17(29)18(30)20(36-16)28-13-15(19(26)27-21(28)31)14-35-39(7,8)22(4,5)6/h13,16-18,20,29-30,32H,9-12,14H2,1-8H3,(H,33,34)(H2,26,27,31)/t16-,17-,18-,20-,23?/m1/s1. The van der Waals surface area contributed by atoms with E-state index >= 15 is 4.39 Å². The lowest BCUT2D eigenvalue weighted by Gasteiger charge is -2.36. The summed E-state index contributed by atoms with van der Waals surface area (Å²) in [5.74, 6) is -2.85. The number of ether oxygens (including phenoxy) is 1. The Morgan fingerprint density at radius 1 is 1.18 bits per heavy atom. The van der Waals surface area contributed by atoms with E-state index in [2.05, 4.69) is 25.8 Å². The van der Waals surface area contributed by atoms with E-state index in [4.69, 9.17) is 19.4 Å². The summed E-state index contributed by atoms with van der Waals surface area (Å²) in [6.07, 6.45) is -6.40. The molecule has 0 amide bonds. The molecule has 12 nitrogen and oxygen atoms in total. The summed E-state index contributed by atoms with van der Waals surface area (Å²) < 4.78 is 46.3. The van der Waals surface area contributed by atoms with Crippen molar-refractivity contribution in [3.8, 4) is 0 Å². The largest absolute Gasteiger partial charge is 0.412 e. The van der Waals surface area contributed by atoms with Crippen LogP contribution in [0.2, 0.25) is 18.1 Å². The molecule has 1 aromatic heterocycles. The van der Waals surface area contributed by atoms with Crippen LogP contribution in [0.4, 0.5) is 10.2 Å². The Balaban J connectivity index is 2.31. The van der Waals surface area contributed by atoms with E-state index in [1.807, 2.05) is 13.1 Å². The van der Waals surface area contributed by atoms with Gasteiger partial charge in [0.15, 0.2) is 19.9 Å². The Bertz CT molecular complexity index is 1110. The molecule has 1 aliphatic rings. The van der Waals surface area contributed by atoms with Crippen molar-refractivity contribution in [3.05, 3.63) is 22.2 Å². The second-order valence-electron chi connectivity index (χ2n) is 11.7. The molecule has 2 heterocycles. The highest BCUT2D eigenvalue weighted by Gasteiger charge is 2.53. The van der Waals surface area contributed by atoms with Gasteiger partial charge in [0.2, 0.25) is 5.85 Å². The number of hydrogen-bond donors (Lipinski definition) is 5. The normalized spacial score (nSPS) is 25.9. The van der Waals surface area contributed by atoms with Gasteiger partial charge in [-0.25, -0.2) is 9.18 Å². The van der Waals surface area contributed by atoms with Crippen LogP contribution in [-0.4, -0.2) is 67.6 Å². The lowest BCUT2D eigenvalue weighted by molar-refractivity contribution is -0.134. The first-order chi connectivity index (χ1) is 17.7. The summed E-state index contributed by atoms with van der Waals surface area (Å²) in [5, 5.41) is 29.6. The molecule has 6 atom stereocenters. The van der Waals surface area contributed by atoms with E-state index in [0.29, 0.717) is 5.56 Å². The molecule has 6 N–H and O–H groups in total. The van der Waals surface area contributed by atoms with Crippen molar-refractivity contribution in [2.45, 2.75) is 128 Å². The zero-order valence-electron chi connectivity index (χ0n) is 24.0. The smallest absolute Gasteiger partial charge is 0.362 e. The Labute approximate surface area is 230 Å². The van der Waals surface area contributed by atoms with E-state index < -0.39 is 70.2 Å². The number of nitrogens with zero attached hydrogens (tertiary/aromatic N) is 2. The van der Waals surface area contributed by atoms with Crippen LogP contribution in [0.1, 0.15) is 79.0 Å². The lowest BCUT2D eigenvalue weighted by atomic mass is 10.0. The molecule has 1 aliphatic heterocycles. The van der Waals surface area contributed by atoms with Gasteiger partial charge in [0.1, 0.15) is 18.0 Å². The van der Waals surface area contributed by atoms with Gasteiger partial charge in [-0.3, -0.25) is 13.7 Å². The van der Waals surface area contributed by atoms with Gasteiger partial charge in [-0.15, -0.1) is 0 Å². The third kappa shape index (κ3) is 7.17. The van der Waals surface area contributed by atoms with Crippen LogP contribution in [-0.2, 0) is 24.9 Å². The van der Waals surface area contributed by atoms with E-state index in [1.165, 1.54) is 27.0 Å². The van der Waals surface area contributed by atoms with Crippen molar-refractivity contribution < 1.29 is 42.9 Å². The Kier molecular flexibility index (Phi) is 10.4. The van der Waals surface area contributed by atoms with Crippen LogP contribution < -0.4 is 11.4 Å². The van der Waals surface area contributed by atoms with Crippen LogP contribution in [0, 0.1) is 0 Å². The van der Waals surface area contributed by atoms with Crippen molar-refractivity contribution in [1.29, 1.82) is 0 Å². The molecule has 2 rings (SSSR count). The Hall–Kier alpha value is -1.22. The third-order valence-corrected chi connectivity index (χ3v) is 14.8. The topological polar surface area (TPSA) is 187 Å². The minimum Gasteiger partial charge on any atom is -0.412 e. The first kappa shape index (κ1) is 34.0. The number of hydrogen-bond acceptors (Lipinski definition) is 10. The van der Waals surface area contributed by atoms with Gasteiger partial charge in [-0.2, -0.15) is 4.98 Å². The number of aliphatic hydroxyl groups is 3. The number of halogens is 1. The predicted octanol–water partition coefficient (Wildman–Crippen LogP) is 3.14. The van der Waals surface area contributed by atoms with Crippen LogP contribution in [0.25, 0.3) is 0 Å². The molecule has 226 valence electrons. The summed E-state index contributed by atoms with van der Waals surface area (Å²) in [6.45, 7) is 14.6. The molecule has 0 aliphatic carbocycles. The molecule has 2 unspecified atom stereocenters. The number of aliphatic hydroxyl groups excluding tert-OH is 2. The quantitative estimate of drug-likeness (QED) is 0.176. The molecular formula is C24H45FN3O9PSi. The second kappa shape index (κ2) is 11.9. The minimum atomic E-state index is -4.88. The minimum absolute atomic E-state index is 0.0468. The summed E-state index contributed by atoms with van der Waals surface area (Å²) in [5.41, 5.74) is 5.46. The highest BCUT2D eigenvalue weighted by atomic mass is 31.2. The number of anilines is 1. The average molecular weight is 598 g/mol. The lowest BCUT2D eigenvalue weighted by Crippen LogP contribution is -2.41. The molecule has 0 radical (unpaired) electrons. The molecule has 0 saturated carbocycles. The van der Waals surface area contributed by atoms with Crippen LogP contribution >= 0.6 is 7.60 Å². The van der Waals surface area contributed by atoms with E-state index in [1.54, 1.807) is 0 Å². The van der Waals surface area contributed by atoms with E-state index in [0.717, 1.165) is 4.57 Å². The highest BCUT2D eigenvalue weighted by molar-refractivity contribution is 7.54. The Morgan fingerprint density at radius 3 is 2.23 bits per heavy atom. The zero-order valence-corrected chi connectivity index (χ0v) is 25.9. The van der Waals surface area contributed by atoms with Gasteiger partial charge in [-0.05, 0) is 31.0 Å². The zero-order chi connectivity index (χ0) is 30.2. The first-order valence-electron chi connectivity index (χ1n) is 13.2. The van der Waals surface area contributed by atoms with Crippen LogP contribution in [0.15, 0.2) is 11.0 Å². The molecule has 15 heteroatoms. The summed E-state index contributed by atoms with van der Waals surface area (Å²) in [6, 6.07) is 0. The number of alkyl halides is 1. The summed E-state index contributed by atoms with van der Waals surface area (Å²) in [7, 11) is -7.07. The molecule has 1 saturated heterocycles. The highest BCUT2D eigenvalue weighted by Crippen LogP contribution is 2.61. The predicted molar refractivity (Wildman–Crippen MR) is 146 cm³/mol. The third-order valence-electron chi connectivity index (χ3n) is 8.05. The second-order valence-corrected chi connectivity index (χ2v) is 18.5. The maximum absolute atomic E-state index is 15.8. The van der Waals surface area contributed by atoms with E-state index in [-0.39, 0.29) is 30.3 Å². The maximum Gasteiger partial charge on any atom is 0.362 e. The van der Waals surface area contributed by atoms with Crippen LogP contribution in [0.3, 0.4) is 0 Å². The summed E-state index contributed by atoms with van der Waals surface area (Å²) in [4.78, 5) is 26.9. The summed E-state index contributed by atoms with van der Waals surface area (Å²) >= 11 is 0. The van der Waals surface area contributed by atoms with E-state index in [9.17, 15) is 29.6 Å². The van der Waals surface area contributed by atoms with Crippen molar-refractivity contribution in [2.24, 2.45) is 0 Å². The number of nitrogens with two attached hydrogens (primary N) is 1. The molecule has 0 spiro atoms. The van der Waals surface area contributed by atoms with Gasteiger partial charge in [0.25, 0.3) is 0 Å².